The van der Waals surface area contributed by atoms with Crippen LogP contribution in [0.15, 0.2) is 23.8 Å². The van der Waals surface area contributed by atoms with E-state index in [1.807, 2.05) is 0 Å². The number of thiocarbonyl (C=S) groups is 1. The van der Waals surface area contributed by atoms with Gasteiger partial charge in [-0.25, -0.2) is 4.79 Å². The van der Waals surface area contributed by atoms with E-state index in [2.05, 4.69) is 0 Å². The number of carboxylic acid groups (broad SMARTS) is 1. The second kappa shape index (κ2) is 9.32. The highest BCUT2D eigenvalue weighted by atomic mass is 32.1. The summed E-state index contributed by atoms with van der Waals surface area (Å²) in [5.74, 6) is -1.70. The lowest BCUT2D eigenvalue weighted by molar-refractivity contribution is -0.139. The SMILES string of the molecule is CCOc1cccc(C=C2C(=O)N(CC)C(=S)N(CC)C2=O)c1OCC(=O)O. The molecule has 0 bridgehead atoms. The van der Waals surface area contributed by atoms with E-state index in [0.717, 1.165) is 0 Å². The number of amides is 2. The fourth-order valence-electron chi connectivity index (χ4n) is 2.74. The highest BCUT2D eigenvalue weighted by Gasteiger charge is 2.38. The third-order valence-corrected chi connectivity index (χ3v) is 4.44. The van der Waals surface area contributed by atoms with Gasteiger partial charge < -0.3 is 14.6 Å². The smallest absolute Gasteiger partial charge is 0.341 e. The first kappa shape index (κ1) is 21.4. The zero-order valence-corrected chi connectivity index (χ0v) is 16.7. The topological polar surface area (TPSA) is 96.4 Å². The average molecular weight is 406 g/mol. The number of ether oxygens (including phenoxy) is 2. The number of likely N-dealkylation sites (N-methyl/N-ethyl adjacent to an activating group) is 2. The van der Waals surface area contributed by atoms with E-state index in [-0.39, 0.29) is 16.4 Å². The van der Waals surface area contributed by atoms with Crippen molar-refractivity contribution in [2.45, 2.75) is 20.8 Å². The quantitative estimate of drug-likeness (QED) is 0.400. The fraction of sp³-hybridized carbons (Fsp3) is 0.368. The number of rotatable bonds is 8. The molecule has 0 radical (unpaired) electrons. The van der Waals surface area contributed by atoms with Crippen LogP contribution in [0.3, 0.4) is 0 Å². The molecule has 1 heterocycles. The van der Waals surface area contributed by atoms with Crippen LogP contribution in [-0.2, 0) is 14.4 Å². The number of hydrogen-bond donors (Lipinski definition) is 1. The maximum Gasteiger partial charge on any atom is 0.341 e. The van der Waals surface area contributed by atoms with Crippen LogP contribution in [0.25, 0.3) is 6.08 Å². The second-order valence-corrected chi connectivity index (χ2v) is 6.09. The van der Waals surface area contributed by atoms with Crippen LogP contribution in [0.2, 0.25) is 0 Å². The molecule has 1 N–H and O–H groups in total. The first-order chi connectivity index (χ1) is 13.3. The molecule has 1 saturated heterocycles. The van der Waals surface area contributed by atoms with E-state index < -0.39 is 24.4 Å². The van der Waals surface area contributed by atoms with Gasteiger partial charge in [-0.1, -0.05) is 12.1 Å². The first-order valence-electron chi connectivity index (χ1n) is 8.85. The Morgan fingerprint density at radius 2 is 1.71 bits per heavy atom. The first-order valence-corrected chi connectivity index (χ1v) is 9.26. The van der Waals surface area contributed by atoms with Gasteiger partial charge in [0.15, 0.2) is 23.2 Å². The summed E-state index contributed by atoms with van der Waals surface area (Å²) in [5, 5.41) is 9.11. The van der Waals surface area contributed by atoms with Gasteiger partial charge in [0.2, 0.25) is 0 Å². The van der Waals surface area contributed by atoms with Crippen molar-refractivity contribution in [2.24, 2.45) is 0 Å². The lowest BCUT2D eigenvalue weighted by Crippen LogP contribution is -2.55. The molecule has 1 aliphatic rings. The largest absolute Gasteiger partial charge is 0.490 e. The Morgan fingerprint density at radius 3 is 2.21 bits per heavy atom. The van der Waals surface area contributed by atoms with Crippen molar-refractivity contribution in [3.05, 3.63) is 29.3 Å². The summed E-state index contributed by atoms with van der Waals surface area (Å²) in [5.41, 5.74) is 0.287. The van der Waals surface area contributed by atoms with Crippen molar-refractivity contribution in [1.82, 2.24) is 9.80 Å². The molecule has 150 valence electrons. The van der Waals surface area contributed by atoms with Crippen LogP contribution in [-0.4, -0.2) is 64.1 Å². The number of nitrogens with zero attached hydrogens (tertiary/aromatic N) is 2. The summed E-state index contributed by atoms with van der Waals surface area (Å²) in [4.78, 5) is 39.2. The maximum absolute atomic E-state index is 12.8. The van der Waals surface area contributed by atoms with Crippen LogP contribution in [0.4, 0.5) is 0 Å². The summed E-state index contributed by atoms with van der Waals surface area (Å²) in [6.45, 7) is 5.70. The zero-order valence-electron chi connectivity index (χ0n) is 15.9. The van der Waals surface area contributed by atoms with Gasteiger partial charge in [0.05, 0.1) is 6.61 Å². The molecule has 2 amide bonds. The number of carboxylic acids is 1. The molecular weight excluding hydrogens is 384 g/mol. The number of benzene rings is 1. The number of carbonyl (C=O) groups excluding carboxylic acids is 2. The normalized spacial score (nSPS) is 14.4. The summed E-state index contributed by atoms with van der Waals surface area (Å²) < 4.78 is 10.9. The van der Waals surface area contributed by atoms with E-state index in [9.17, 15) is 14.4 Å². The summed E-state index contributed by atoms with van der Waals surface area (Å²) in [7, 11) is 0. The predicted octanol–water partition coefficient (Wildman–Crippen LogP) is 1.93. The molecule has 0 aliphatic carbocycles. The van der Waals surface area contributed by atoms with Gasteiger partial charge in [-0.2, -0.15) is 0 Å². The summed E-state index contributed by atoms with van der Waals surface area (Å²) in [6.07, 6.45) is 1.39. The minimum Gasteiger partial charge on any atom is -0.490 e. The van der Waals surface area contributed by atoms with Crippen LogP contribution in [0, 0.1) is 0 Å². The van der Waals surface area contributed by atoms with Crippen molar-refractivity contribution in [2.75, 3.05) is 26.3 Å². The molecule has 1 aromatic carbocycles. The molecule has 1 fully saturated rings. The fourth-order valence-corrected chi connectivity index (χ4v) is 3.17. The van der Waals surface area contributed by atoms with E-state index in [0.29, 0.717) is 31.0 Å². The lowest BCUT2D eigenvalue weighted by atomic mass is 10.1. The molecule has 1 aliphatic heterocycles. The number of carbonyl (C=O) groups is 3. The highest BCUT2D eigenvalue weighted by molar-refractivity contribution is 7.80. The predicted molar refractivity (Wildman–Crippen MR) is 106 cm³/mol. The van der Waals surface area contributed by atoms with E-state index in [1.54, 1.807) is 39.0 Å². The second-order valence-electron chi connectivity index (χ2n) is 5.73. The van der Waals surface area contributed by atoms with Crippen molar-refractivity contribution in [1.29, 1.82) is 0 Å². The van der Waals surface area contributed by atoms with Gasteiger partial charge in [-0.05, 0) is 45.1 Å². The molecule has 0 saturated carbocycles. The van der Waals surface area contributed by atoms with Gasteiger partial charge in [0, 0.05) is 18.7 Å². The molecular formula is C19H22N2O6S. The van der Waals surface area contributed by atoms with Gasteiger partial charge in [-0.3, -0.25) is 19.4 Å². The van der Waals surface area contributed by atoms with Crippen LogP contribution < -0.4 is 9.47 Å². The standard InChI is InChI=1S/C19H22N2O6S/c1-4-20-17(24)13(18(25)21(5-2)19(20)28)10-12-8-7-9-14(26-6-3)16(12)27-11-15(22)23/h7-10H,4-6,11H2,1-3H3,(H,22,23). The Bertz CT molecular complexity index is 808. The van der Waals surface area contributed by atoms with Gasteiger partial charge >= 0.3 is 5.97 Å². The number of aliphatic carboxylic acids is 1. The number of hydrogen-bond acceptors (Lipinski definition) is 6. The molecule has 0 unspecified atom stereocenters. The zero-order chi connectivity index (χ0) is 20.8. The molecule has 0 atom stereocenters. The molecule has 0 spiro atoms. The Labute approximate surface area is 168 Å². The minimum absolute atomic E-state index is 0.0777. The lowest BCUT2D eigenvalue weighted by Gasteiger charge is -2.35. The summed E-state index contributed by atoms with van der Waals surface area (Å²) >= 11 is 5.24. The van der Waals surface area contributed by atoms with E-state index in [4.69, 9.17) is 26.8 Å². The Morgan fingerprint density at radius 1 is 1.11 bits per heavy atom. The van der Waals surface area contributed by atoms with E-state index in [1.165, 1.54) is 15.9 Å². The van der Waals surface area contributed by atoms with Crippen molar-refractivity contribution < 1.29 is 29.0 Å². The van der Waals surface area contributed by atoms with E-state index >= 15 is 0 Å². The molecule has 1 aromatic rings. The third-order valence-electron chi connectivity index (χ3n) is 3.99. The Kier molecular flexibility index (Phi) is 7.11. The molecule has 0 aromatic heterocycles. The van der Waals surface area contributed by atoms with Gasteiger partial charge in [-0.15, -0.1) is 0 Å². The molecule has 9 heteroatoms. The van der Waals surface area contributed by atoms with Crippen LogP contribution in [0.1, 0.15) is 26.3 Å². The summed E-state index contributed by atoms with van der Waals surface area (Å²) in [6, 6.07) is 4.91. The number of para-hydroxylation sites is 1. The molecule has 8 nitrogen and oxygen atoms in total. The molecule has 2 rings (SSSR count). The Balaban J connectivity index is 2.56. The van der Waals surface area contributed by atoms with Crippen molar-refractivity contribution >= 4 is 41.2 Å². The van der Waals surface area contributed by atoms with Crippen molar-refractivity contribution in [3.63, 3.8) is 0 Å². The monoisotopic (exact) mass is 406 g/mol. The third kappa shape index (κ3) is 4.30. The van der Waals surface area contributed by atoms with Gasteiger partial charge in [0.1, 0.15) is 5.57 Å². The van der Waals surface area contributed by atoms with Crippen LogP contribution in [0.5, 0.6) is 11.5 Å². The van der Waals surface area contributed by atoms with Crippen molar-refractivity contribution in [3.8, 4) is 11.5 Å². The Hall–Kier alpha value is -2.94. The molecule has 28 heavy (non-hydrogen) atoms. The average Bonchev–Trinajstić information content (AvgIpc) is 2.65. The minimum atomic E-state index is -1.16. The highest BCUT2D eigenvalue weighted by Crippen LogP contribution is 2.34. The van der Waals surface area contributed by atoms with Gasteiger partial charge in [0.25, 0.3) is 11.8 Å². The maximum atomic E-state index is 12.8. The van der Waals surface area contributed by atoms with Crippen LogP contribution >= 0.6 is 12.2 Å².